The van der Waals surface area contributed by atoms with Gasteiger partial charge in [0.15, 0.2) is 6.10 Å². The summed E-state index contributed by atoms with van der Waals surface area (Å²) < 4.78 is 5.84. The summed E-state index contributed by atoms with van der Waals surface area (Å²) in [7, 11) is 4.08. The molecule has 0 radical (unpaired) electrons. The fourth-order valence-electron chi connectivity index (χ4n) is 2.67. The van der Waals surface area contributed by atoms with Crippen molar-refractivity contribution in [1.82, 2.24) is 10.2 Å². The Labute approximate surface area is 147 Å². The van der Waals surface area contributed by atoms with Gasteiger partial charge in [-0.05, 0) is 37.4 Å². The van der Waals surface area contributed by atoms with Crippen LogP contribution in [0.3, 0.4) is 0 Å². The maximum absolute atomic E-state index is 12.5. The Balaban J connectivity index is 1.61. The molecule has 2 aromatic rings. The molecule has 1 amide bonds. The Kier molecular flexibility index (Phi) is 5.43. The molecule has 1 atom stereocenters. The summed E-state index contributed by atoms with van der Waals surface area (Å²) in [5, 5.41) is 3.02. The van der Waals surface area contributed by atoms with Crippen LogP contribution in [0.25, 0.3) is 0 Å². The molecule has 2 aromatic carbocycles. The van der Waals surface area contributed by atoms with Gasteiger partial charge in [0.25, 0.3) is 5.91 Å². The van der Waals surface area contributed by atoms with Crippen molar-refractivity contribution in [2.75, 3.05) is 19.8 Å². The van der Waals surface area contributed by atoms with Gasteiger partial charge in [-0.1, -0.05) is 36.4 Å². The maximum Gasteiger partial charge on any atom is 0.262 e. The molecule has 24 heavy (non-hydrogen) atoms. The highest BCUT2D eigenvalue weighted by Gasteiger charge is 2.26. The Bertz CT molecular complexity index is 718. The van der Waals surface area contributed by atoms with E-state index in [2.05, 4.69) is 22.3 Å². The van der Waals surface area contributed by atoms with E-state index in [1.807, 2.05) is 50.5 Å². The van der Waals surface area contributed by atoms with Gasteiger partial charge in [-0.3, -0.25) is 4.79 Å². The van der Waals surface area contributed by atoms with Crippen LogP contribution in [0.15, 0.2) is 53.4 Å². The van der Waals surface area contributed by atoms with Crippen LogP contribution in [0.5, 0.6) is 5.75 Å². The number of carbonyl (C=O) groups is 1. The van der Waals surface area contributed by atoms with Crippen LogP contribution in [0, 0.1) is 0 Å². The number of fused-ring (bicyclic) bond motifs is 1. The summed E-state index contributed by atoms with van der Waals surface area (Å²) in [4.78, 5) is 15.7. The summed E-state index contributed by atoms with van der Waals surface area (Å²) in [6, 6.07) is 16.0. The molecule has 0 unspecified atom stereocenters. The third-order valence-electron chi connectivity index (χ3n) is 3.86. The quantitative estimate of drug-likeness (QED) is 0.907. The molecule has 126 valence electrons. The molecule has 0 aromatic heterocycles. The SMILES string of the molecule is CN(C)Cc1ccccc1CNC(=O)[C@H]1CSc2ccccc2O1. The number of para-hydroxylation sites is 1. The van der Waals surface area contributed by atoms with Crippen molar-refractivity contribution >= 4 is 17.7 Å². The number of nitrogens with zero attached hydrogens (tertiary/aromatic N) is 1. The topological polar surface area (TPSA) is 41.6 Å². The second-order valence-corrected chi connectivity index (χ2v) is 7.15. The fraction of sp³-hybridized carbons (Fsp3) is 0.316. The van der Waals surface area contributed by atoms with Crippen molar-refractivity contribution < 1.29 is 9.53 Å². The first-order valence-electron chi connectivity index (χ1n) is 8.01. The van der Waals surface area contributed by atoms with Crippen molar-refractivity contribution in [1.29, 1.82) is 0 Å². The van der Waals surface area contributed by atoms with Crippen molar-refractivity contribution in [2.24, 2.45) is 0 Å². The predicted octanol–water partition coefficient (Wildman–Crippen LogP) is 2.92. The first-order valence-corrected chi connectivity index (χ1v) is 9.00. The lowest BCUT2D eigenvalue weighted by molar-refractivity contribution is -0.127. The average molecular weight is 342 g/mol. The molecule has 0 aliphatic carbocycles. The highest BCUT2D eigenvalue weighted by molar-refractivity contribution is 7.99. The third-order valence-corrected chi connectivity index (χ3v) is 4.98. The van der Waals surface area contributed by atoms with Gasteiger partial charge in [0.05, 0.1) is 0 Å². The molecule has 0 saturated heterocycles. The minimum atomic E-state index is -0.439. The van der Waals surface area contributed by atoms with E-state index < -0.39 is 6.10 Å². The van der Waals surface area contributed by atoms with Crippen molar-refractivity contribution in [3.05, 3.63) is 59.7 Å². The number of carbonyl (C=O) groups excluding carboxylic acids is 1. The molecule has 1 aliphatic rings. The molecular formula is C19H22N2O2S. The molecule has 0 fully saturated rings. The van der Waals surface area contributed by atoms with Crippen LogP contribution in [0.2, 0.25) is 0 Å². The zero-order valence-electron chi connectivity index (χ0n) is 14.0. The summed E-state index contributed by atoms with van der Waals surface area (Å²) in [6.07, 6.45) is -0.439. The van der Waals surface area contributed by atoms with Crippen LogP contribution in [0.1, 0.15) is 11.1 Å². The van der Waals surface area contributed by atoms with Crippen molar-refractivity contribution in [3.8, 4) is 5.75 Å². The van der Waals surface area contributed by atoms with E-state index in [-0.39, 0.29) is 5.91 Å². The lowest BCUT2D eigenvalue weighted by atomic mass is 10.1. The van der Waals surface area contributed by atoms with Gasteiger partial charge in [0.2, 0.25) is 0 Å². The average Bonchev–Trinajstić information content (AvgIpc) is 2.60. The van der Waals surface area contributed by atoms with Gasteiger partial charge in [0.1, 0.15) is 5.75 Å². The summed E-state index contributed by atoms with van der Waals surface area (Å²) in [5.41, 5.74) is 2.37. The first-order chi connectivity index (χ1) is 11.6. The highest BCUT2D eigenvalue weighted by Crippen LogP contribution is 2.34. The first kappa shape index (κ1) is 16.9. The third kappa shape index (κ3) is 4.10. The number of rotatable bonds is 5. The molecular weight excluding hydrogens is 320 g/mol. The Morgan fingerprint density at radius 3 is 2.67 bits per heavy atom. The number of ether oxygens (including phenoxy) is 1. The number of benzene rings is 2. The van der Waals surface area contributed by atoms with E-state index in [1.165, 1.54) is 5.56 Å². The maximum atomic E-state index is 12.5. The second kappa shape index (κ2) is 7.73. The Morgan fingerprint density at radius 1 is 1.17 bits per heavy atom. The number of amides is 1. The zero-order chi connectivity index (χ0) is 16.9. The van der Waals surface area contributed by atoms with Gasteiger partial charge in [-0.15, -0.1) is 11.8 Å². The molecule has 0 saturated carbocycles. The van der Waals surface area contributed by atoms with E-state index >= 15 is 0 Å². The van der Waals surface area contributed by atoms with Crippen molar-refractivity contribution in [2.45, 2.75) is 24.1 Å². The van der Waals surface area contributed by atoms with Gasteiger partial charge in [-0.2, -0.15) is 0 Å². The van der Waals surface area contributed by atoms with Crippen molar-refractivity contribution in [3.63, 3.8) is 0 Å². The van der Waals surface area contributed by atoms with Crippen LogP contribution in [-0.2, 0) is 17.9 Å². The fourth-order valence-corrected chi connectivity index (χ4v) is 3.65. The Hall–Kier alpha value is -1.98. The van der Waals surface area contributed by atoms with Crippen LogP contribution in [0.4, 0.5) is 0 Å². The predicted molar refractivity (Wildman–Crippen MR) is 97.3 cm³/mol. The van der Waals surface area contributed by atoms with Crippen LogP contribution in [-0.4, -0.2) is 36.8 Å². The summed E-state index contributed by atoms with van der Waals surface area (Å²) >= 11 is 1.67. The smallest absolute Gasteiger partial charge is 0.262 e. The van der Waals surface area contributed by atoms with E-state index in [1.54, 1.807) is 11.8 Å². The standard InChI is InChI=1S/C19H22N2O2S/c1-21(2)12-15-8-4-3-7-14(15)11-20-19(22)17-13-24-18-10-6-5-9-16(18)23-17/h3-10,17H,11-13H2,1-2H3,(H,20,22)/t17-/m1/s1. The zero-order valence-corrected chi connectivity index (χ0v) is 14.8. The largest absolute Gasteiger partial charge is 0.479 e. The molecule has 0 spiro atoms. The van der Waals surface area contributed by atoms with E-state index in [0.29, 0.717) is 12.3 Å². The molecule has 5 heteroatoms. The molecule has 1 aliphatic heterocycles. The molecule has 1 heterocycles. The minimum absolute atomic E-state index is 0.0586. The normalized spacial score (nSPS) is 16.4. The summed E-state index contributed by atoms with van der Waals surface area (Å²) in [5.74, 6) is 1.38. The number of hydrogen-bond donors (Lipinski definition) is 1. The lowest BCUT2D eigenvalue weighted by Crippen LogP contribution is -2.41. The number of nitrogens with one attached hydrogen (secondary N) is 1. The second-order valence-electron chi connectivity index (χ2n) is 6.09. The lowest BCUT2D eigenvalue weighted by Gasteiger charge is -2.25. The van der Waals surface area contributed by atoms with Crippen LogP contribution < -0.4 is 10.1 Å². The van der Waals surface area contributed by atoms with E-state index in [0.717, 1.165) is 22.8 Å². The molecule has 4 nitrogen and oxygen atoms in total. The molecule has 0 bridgehead atoms. The number of hydrogen-bond acceptors (Lipinski definition) is 4. The Morgan fingerprint density at radius 2 is 1.88 bits per heavy atom. The molecule has 1 N–H and O–H groups in total. The van der Waals surface area contributed by atoms with Gasteiger partial charge >= 0.3 is 0 Å². The van der Waals surface area contributed by atoms with Gasteiger partial charge < -0.3 is 15.0 Å². The van der Waals surface area contributed by atoms with E-state index in [4.69, 9.17) is 4.74 Å². The minimum Gasteiger partial charge on any atom is -0.479 e. The van der Waals surface area contributed by atoms with Crippen LogP contribution >= 0.6 is 11.8 Å². The number of thioether (sulfide) groups is 1. The highest BCUT2D eigenvalue weighted by atomic mass is 32.2. The summed E-state index contributed by atoms with van der Waals surface area (Å²) in [6.45, 7) is 1.38. The molecule has 3 rings (SSSR count). The van der Waals surface area contributed by atoms with E-state index in [9.17, 15) is 4.79 Å². The van der Waals surface area contributed by atoms with Gasteiger partial charge in [-0.25, -0.2) is 0 Å². The monoisotopic (exact) mass is 342 g/mol. The van der Waals surface area contributed by atoms with Gasteiger partial charge in [0, 0.05) is 23.7 Å².